The van der Waals surface area contributed by atoms with Gasteiger partial charge in [0.05, 0.1) is 0 Å². The van der Waals surface area contributed by atoms with Gasteiger partial charge in [0.25, 0.3) is 0 Å². The van der Waals surface area contributed by atoms with Crippen LogP contribution in [0.1, 0.15) is 39.5 Å². The first-order valence-corrected chi connectivity index (χ1v) is 5.94. The van der Waals surface area contributed by atoms with Crippen molar-refractivity contribution in [2.24, 2.45) is 0 Å². The molecule has 0 aromatic heterocycles. The Hall–Kier alpha value is -1.77. The van der Waals surface area contributed by atoms with Gasteiger partial charge in [0.1, 0.15) is 0 Å². The molecule has 0 aliphatic rings. The van der Waals surface area contributed by atoms with Crippen molar-refractivity contribution in [3.63, 3.8) is 0 Å². The molecule has 0 aromatic rings. The van der Waals surface area contributed by atoms with Crippen LogP contribution >= 0.6 is 0 Å². The van der Waals surface area contributed by atoms with Gasteiger partial charge in [0.15, 0.2) is 0 Å². The number of carboxylic acid groups (broad SMARTS) is 1. The molecule has 0 amide bonds. The summed E-state index contributed by atoms with van der Waals surface area (Å²) >= 11 is 0. The number of nitrogens with zero attached hydrogens (tertiary/aromatic N) is 2. The first-order valence-electron chi connectivity index (χ1n) is 5.94. The smallest absolute Gasteiger partial charge is 0.339 e. The molecular weight excluding hydrogens is 260 g/mol. The molecule has 0 heterocycles. The first-order chi connectivity index (χ1) is 8.77. The topological polar surface area (TPSA) is 144 Å². The molecular formula is C10H20N2O7. The third kappa shape index (κ3) is 11.1. The van der Waals surface area contributed by atoms with Gasteiger partial charge in [-0.25, -0.2) is 4.79 Å². The Bertz CT molecular complexity index is 296. The monoisotopic (exact) mass is 280 g/mol. The van der Waals surface area contributed by atoms with Crippen molar-refractivity contribution < 1.29 is 24.9 Å². The van der Waals surface area contributed by atoms with Gasteiger partial charge in [0, 0.05) is 22.7 Å². The fraction of sp³-hybridized carbons (Fsp3) is 0.900. The molecule has 0 spiro atoms. The zero-order valence-corrected chi connectivity index (χ0v) is 11.0. The summed E-state index contributed by atoms with van der Waals surface area (Å²) in [6.07, 6.45) is 0.240. The minimum Gasteiger partial charge on any atom is -0.479 e. The Morgan fingerprint density at radius 1 is 1.21 bits per heavy atom. The number of hydrogen-bond donors (Lipinski definition) is 2. The highest BCUT2D eigenvalue weighted by molar-refractivity contribution is 5.72. The molecule has 0 radical (unpaired) electrons. The Morgan fingerprint density at radius 2 is 1.74 bits per heavy atom. The summed E-state index contributed by atoms with van der Waals surface area (Å²) in [6.45, 7) is 3.74. The van der Waals surface area contributed by atoms with E-state index >= 15 is 0 Å². The summed E-state index contributed by atoms with van der Waals surface area (Å²) in [5.74, 6) is -1.55. The maximum absolute atomic E-state index is 10.2. The normalized spacial score (nSPS) is 12.8. The second-order valence-electron chi connectivity index (χ2n) is 3.83. The lowest BCUT2D eigenvalue weighted by atomic mass is 10.1. The minimum absolute atomic E-state index is 0.0699. The van der Waals surface area contributed by atoms with E-state index in [1.165, 1.54) is 0 Å². The van der Waals surface area contributed by atoms with E-state index in [-0.39, 0.29) is 17.9 Å². The maximum Gasteiger partial charge on any atom is 0.339 e. The highest BCUT2D eigenvalue weighted by Gasteiger charge is 2.34. The summed E-state index contributed by atoms with van der Waals surface area (Å²) in [7, 11) is 0. The first kappa shape index (κ1) is 19.6. The summed E-state index contributed by atoms with van der Waals surface area (Å²) in [6, 6.07) is -1.40. The molecule has 2 N–H and O–H groups in total. The van der Waals surface area contributed by atoms with Crippen LogP contribution in [0.25, 0.3) is 0 Å². The molecule has 9 nitrogen and oxygen atoms in total. The number of unbranched alkanes of at least 4 members (excludes halogenated alkanes) is 1. The number of carboxylic acids is 1. The lowest BCUT2D eigenvalue weighted by molar-refractivity contribution is -0.532. The van der Waals surface area contributed by atoms with Gasteiger partial charge in [-0.1, -0.05) is 13.8 Å². The highest BCUT2D eigenvalue weighted by Crippen LogP contribution is 2.06. The van der Waals surface area contributed by atoms with Crippen LogP contribution in [0.2, 0.25) is 0 Å². The quantitative estimate of drug-likeness (QED) is 0.497. The molecule has 0 saturated heterocycles. The number of carbonyl (C=O) groups is 1. The van der Waals surface area contributed by atoms with E-state index in [1.54, 1.807) is 6.92 Å². The van der Waals surface area contributed by atoms with Crippen LogP contribution in [0, 0.1) is 20.2 Å². The second kappa shape index (κ2) is 11.3. The van der Waals surface area contributed by atoms with E-state index in [1.807, 2.05) is 6.92 Å². The average Bonchev–Trinajstić information content (AvgIpc) is 2.32. The largest absolute Gasteiger partial charge is 0.479 e. The minimum atomic E-state index is -1.90. The molecule has 0 rings (SSSR count). The van der Waals surface area contributed by atoms with Crippen LogP contribution in [0.5, 0.6) is 0 Å². The van der Waals surface area contributed by atoms with Crippen LogP contribution in [0.4, 0.5) is 0 Å². The Kier molecular flexibility index (Phi) is 11.7. The van der Waals surface area contributed by atoms with Gasteiger partial charge in [-0.2, -0.15) is 0 Å². The molecule has 0 bridgehead atoms. The molecule has 9 heteroatoms. The zero-order chi connectivity index (χ0) is 15.4. The van der Waals surface area contributed by atoms with E-state index in [0.29, 0.717) is 12.8 Å². The molecule has 2 unspecified atom stereocenters. The van der Waals surface area contributed by atoms with Crippen LogP contribution < -0.4 is 0 Å². The SMILES string of the molecule is CCCC(C(O)C(=O)O)[N+](=O)[O-].CCCC[N+](=O)[O-]. The molecule has 0 aliphatic heterocycles. The summed E-state index contributed by atoms with van der Waals surface area (Å²) in [5, 5.41) is 36.9. The number of aliphatic carboxylic acids is 1. The molecule has 0 fully saturated rings. The van der Waals surface area contributed by atoms with Gasteiger partial charge in [-0.3, -0.25) is 20.2 Å². The van der Waals surface area contributed by atoms with Crippen molar-refractivity contribution in [1.82, 2.24) is 0 Å². The number of hydrogen-bond acceptors (Lipinski definition) is 6. The predicted molar refractivity (Wildman–Crippen MR) is 66.1 cm³/mol. The summed E-state index contributed by atoms with van der Waals surface area (Å²) in [5.41, 5.74) is 0. The highest BCUT2D eigenvalue weighted by atomic mass is 16.6. The maximum atomic E-state index is 10.2. The molecule has 0 saturated carbocycles. The fourth-order valence-corrected chi connectivity index (χ4v) is 1.13. The zero-order valence-electron chi connectivity index (χ0n) is 11.0. The van der Waals surface area contributed by atoms with Crippen molar-refractivity contribution in [1.29, 1.82) is 0 Å². The number of rotatable bonds is 8. The number of nitro groups is 2. The van der Waals surface area contributed by atoms with E-state index in [2.05, 4.69) is 0 Å². The van der Waals surface area contributed by atoms with E-state index in [0.717, 1.165) is 6.42 Å². The van der Waals surface area contributed by atoms with Crippen LogP contribution in [-0.2, 0) is 4.79 Å². The van der Waals surface area contributed by atoms with Crippen molar-refractivity contribution in [2.75, 3.05) is 6.54 Å². The Labute approximate surface area is 110 Å². The van der Waals surface area contributed by atoms with Crippen LogP contribution in [-0.4, -0.2) is 44.7 Å². The molecule has 2 atom stereocenters. The van der Waals surface area contributed by atoms with E-state index < -0.39 is 23.0 Å². The van der Waals surface area contributed by atoms with Gasteiger partial charge in [0.2, 0.25) is 18.7 Å². The summed E-state index contributed by atoms with van der Waals surface area (Å²) in [4.78, 5) is 28.9. The van der Waals surface area contributed by atoms with Gasteiger partial charge in [-0.15, -0.1) is 0 Å². The lowest BCUT2D eigenvalue weighted by Crippen LogP contribution is -2.39. The number of aliphatic hydroxyl groups excluding tert-OH is 1. The van der Waals surface area contributed by atoms with E-state index in [9.17, 15) is 25.0 Å². The average molecular weight is 280 g/mol. The molecule has 0 aliphatic carbocycles. The van der Waals surface area contributed by atoms with Crippen molar-refractivity contribution in [2.45, 2.75) is 51.7 Å². The van der Waals surface area contributed by atoms with Gasteiger partial charge < -0.3 is 10.2 Å². The van der Waals surface area contributed by atoms with Crippen molar-refractivity contribution >= 4 is 5.97 Å². The second-order valence-corrected chi connectivity index (χ2v) is 3.83. The van der Waals surface area contributed by atoms with Crippen molar-refractivity contribution in [3.05, 3.63) is 20.2 Å². The van der Waals surface area contributed by atoms with E-state index in [4.69, 9.17) is 10.2 Å². The third-order valence-electron chi connectivity index (χ3n) is 2.17. The summed E-state index contributed by atoms with van der Waals surface area (Å²) < 4.78 is 0. The fourth-order valence-electron chi connectivity index (χ4n) is 1.13. The van der Waals surface area contributed by atoms with Gasteiger partial charge >= 0.3 is 5.97 Å². The van der Waals surface area contributed by atoms with Crippen molar-refractivity contribution in [3.8, 4) is 0 Å². The lowest BCUT2D eigenvalue weighted by Gasteiger charge is -2.10. The van der Waals surface area contributed by atoms with Crippen LogP contribution in [0.3, 0.4) is 0 Å². The molecule has 19 heavy (non-hydrogen) atoms. The molecule has 112 valence electrons. The standard InChI is InChI=1S/C6H11NO5.C4H9NO2/c1-2-3-4(7(11)12)5(8)6(9)10;1-2-3-4-5(6)7/h4-5,8H,2-3H2,1H3,(H,9,10);2-4H2,1H3. The Morgan fingerprint density at radius 3 is 1.95 bits per heavy atom. The Balaban J connectivity index is 0. The predicted octanol–water partition coefficient (Wildman–Crippen LogP) is 0.941. The van der Waals surface area contributed by atoms with Gasteiger partial charge in [-0.05, 0) is 12.8 Å². The van der Waals surface area contributed by atoms with Crippen LogP contribution in [0.15, 0.2) is 0 Å². The molecule has 0 aromatic carbocycles. The third-order valence-corrected chi connectivity index (χ3v) is 2.17. The number of aliphatic hydroxyl groups is 1.